The van der Waals surface area contributed by atoms with Gasteiger partial charge in [0.25, 0.3) is 0 Å². The summed E-state index contributed by atoms with van der Waals surface area (Å²) in [5.74, 6) is -1.72. The van der Waals surface area contributed by atoms with Crippen LogP contribution in [0.2, 0.25) is 0 Å². The van der Waals surface area contributed by atoms with Crippen LogP contribution < -0.4 is 5.32 Å². The van der Waals surface area contributed by atoms with Gasteiger partial charge in [0.1, 0.15) is 0 Å². The second-order valence-electron chi connectivity index (χ2n) is 3.51. The van der Waals surface area contributed by atoms with Gasteiger partial charge in [-0.15, -0.1) is 0 Å². The predicted molar refractivity (Wildman–Crippen MR) is 56.0 cm³/mol. The summed E-state index contributed by atoms with van der Waals surface area (Å²) in [6.45, 7) is 0.166. The van der Waals surface area contributed by atoms with Crippen LogP contribution in [0.3, 0.4) is 0 Å². The molecule has 0 saturated heterocycles. The van der Waals surface area contributed by atoms with Crippen LogP contribution in [0.5, 0.6) is 0 Å². The van der Waals surface area contributed by atoms with Crippen molar-refractivity contribution in [3.05, 3.63) is 35.4 Å². The van der Waals surface area contributed by atoms with Crippen LogP contribution in [0, 0.1) is 11.6 Å². The third kappa shape index (κ3) is 3.84. The Morgan fingerprint density at radius 2 is 1.81 bits per heavy atom. The number of rotatable bonds is 6. The van der Waals surface area contributed by atoms with Crippen molar-refractivity contribution in [2.45, 2.75) is 12.5 Å². The zero-order chi connectivity index (χ0) is 12.0. The Bertz CT molecular complexity index is 330. The molecular formula is C11H15F2NO2. The zero-order valence-corrected chi connectivity index (χ0v) is 8.79. The van der Waals surface area contributed by atoms with E-state index in [9.17, 15) is 8.78 Å². The minimum absolute atomic E-state index is 0.158. The first kappa shape index (κ1) is 13.0. The van der Waals surface area contributed by atoms with Crippen LogP contribution in [-0.4, -0.2) is 36.0 Å². The molecule has 0 aliphatic rings. The molecule has 1 aromatic carbocycles. The van der Waals surface area contributed by atoms with E-state index >= 15 is 0 Å². The molecule has 0 aliphatic carbocycles. The summed E-state index contributed by atoms with van der Waals surface area (Å²) in [7, 11) is 0. The lowest BCUT2D eigenvalue weighted by atomic mass is 10.1. The van der Waals surface area contributed by atoms with E-state index in [2.05, 4.69) is 5.32 Å². The van der Waals surface area contributed by atoms with Gasteiger partial charge in [-0.3, -0.25) is 0 Å². The van der Waals surface area contributed by atoms with E-state index in [1.807, 2.05) is 0 Å². The molecule has 5 heteroatoms. The monoisotopic (exact) mass is 231 g/mol. The summed E-state index contributed by atoms with van der Waals surface area (Å²) >= 11 is 0. The van der Waals surface area contributed by atoms with Gasteiger partial charge in [-0.2, -0.15) is 0 Å². The zero-order valence-electron chi connectivity index (χ0n) is 8.79. The molecule has 0 unspecified atom stereocenters. The molecule has 1 rings (SSSR count). The van der Waals surface area contributed by atoms with E-state index < -0.39 is 11.6 Å². The number of halogens is 2. The number of aliphatic hydroxyl groups excluding tert-OH is 2. The number of nitrogens with one attached hydrogen (secondary N) is 1. The summed E-state index contributed by atoms with van der Waals surface area (Å²) in [4.78, 5) is 0. The lowest BCUT2D eigenvalue weighted by Crippen LogP contribution is -2.36. The van der Waals surface area contributed by atoms with Crippen molar-refractivity contribution < 1.29 is 19.0 Å². The smallest absolute Gasteiger partial charge is 0.159 e. The standard InChI is InChI=1S/C11H15F2NO2/c12-10-2-1-8(5-11(10)13)3-4-14-9(6-15)7-16/h1-2,5,9,14-16H,3-4,6-7H2. The average Bonchev–Trinajstić information content (AvgIpc) is 2.29. The van der Waals surface area contributed by atoms with E-state index in [1.54, 1.807) is 0 Å². The predicted octanol–water partition coefficient (Wildman–Crippen LogP) is 0.450. The minimum Gasteiger partial charge on any atom is -0.395 e. The SMILES string of the molecule is OCC(CO)NCCc1ccc(F)c(F)c1. The van der Waals surface area contributed by atoms with Crippen molar-refractivity contribution in [1.82, 2.24) is 5.32 Å². The molecule has 3 N–H and O–H groups in total. The summed E-state index contributed by atoms with van der Waals surface area (Å²) in [6, 6.07) is 3.36. The summed E-state index contributed by atoms with van der Waals surface area (Å²) in [5.41, 5.74) is 0.668. The molecule has 0 heterocycles. The summed E-state index contributed by atoms with van der Waals surface area (Å²) in [6.07, 6.45) is 0.508. The molecule has 0 atom stereocenters. The molecule has 1 aromatic rings. The molecule has 16 heavy (non-hydrogen) atoms. The Morgan fingerprint density at radius 1 is 1.12 bits per heavy atom. The highest BCUT2D eigenvalue weighted by atomic mass is 19.2. The molecule has 0 saturated carbocycles. The fourth-order valence-electron chi connectivity index (χ4n) is 1.30. The van der Waals surface area contributed by atoms with Crippen LogP contribution in [0.1, 0.15) is 5.56 Å². The molecule has 0 fully saturated rings. The molecule has 0 radical (unpaired) electrons. The van der Waals surface area contributed by atoms with E-state index in [4.69, 9.17) is 10.2 Å². The lowest BCUT2D eigenvalue weighted by Gasteiger charge is -2.12. The first-order chi connectivity index (χ1) is 7.67. The Kier molecular flexibility index (Phi) is 5.31. The first-order valence-corrected chi connectivity index (χ1v) is 5.06. The third-order valence-electron chi connectivity index (χ3n) is 2.27. The van der Waals surface area contributed by atoms with Crippen LogP contribution >= 0.6 is 0 Å². The Balaban J connectivity index is 2.40. The maximum atomic E-state index is 12.8. The van der Waals surface area contributed by atoms with Crippen molar-refractivity contribution in [3.8, 4) is 0 Å². The Hall–Kier alpha value is -1.04. The molecular weight excluding hydrogens is 216 g/mol. The first-order valence-electron chi connectivity index (χ1n) is 5.06. The maximum Gasteiger partial charge on any atom is 0.159 e. The lowest BCUT2D eigenvalue weighted by molar-refractivity contribution is 0.171. The van der Waals surface area contributed by atoms with Gasteiger partial charge in [-0.1, -0.05) is 6.07 Å². The summed E-state index contributed by atoms with van der Waals surface area (Å²) in [5, 5.41) is 20.4. The van der Waals surface area contributed by atoms with E-state index in [0.29, 0.717) is 18.5 Å². The quantitative estimate of drug-likeness (QED) is 0.666. The van der Waals surface area contributed by atoms with E-state index in [-0.39, 0.29) is 19.3 Å². The van der Waals surface area contributed by atoms with E-state index in [1.165, 1.54) is 6.07 Å². The van der Waals surface area contributed by atoms with Crippen LogP contribution in [-0.2, 0) is 6.42 Å². The molecule has 0 bridgehead atoms. The normalized spacial score (nSPS) is 11.1. The summed E-state index contributed by atoms with van der Waals surface area (Å²) < 4.78 is 25.4. The van der Waals surface area contributed by atoms with Crippen molar-refractivity contribution in [1.29, 1.82) is 0 Å². The molecule has 0 aliphatic heterocycles. The van der Waals surface area contributed by atoms with Crippen molar-refractivity contribution >= 4 is 0 Å². The fourth-order valence-corrected chi connectivity index (χ4v) is 1.30. The fraction of sp³-hybridized carbons (Fsp3) is 0.455. The van der Waals surface area contributed by atoms with E-state index in [0.717, 1.165) is 12.1 Å². The van der Waals surface area contributed by atoms with Crippen molar-refractivity contribution in [2.24, 2.45) is 0 Å². The molecule has 0 amide bonds. The average molecular weight is 231 g/mol. The van der Waals surface area contributed by atoms with Crippen LogP contribution in [0.25, 0.3) is 0 Å². The highest BCUT2D eigenvalue weighted by Crippen LogP contribution is 2.08. The highest BCUT2D eigenvalue weighted by molar-refractivity contribution is 5.18. The third-order valence-corrected chi connectivity index (χ3v) is 2.27. The van der Waals surface area contributed by atoms with Crippen molar-refractivity contribution in [3.63, 3.8) is 0 Å². The van der Waals surface area contributed by atoms with Crippen molar-refractivity contribution in [2.75, 3.05) is 19.8 Å². The second-order valence-corrected chi connectivity index (χ2v) is 3.51. The largest absolute Gasteiger partial charge is 0.395 e. The van der Waals surface area contributed by atoms with Gasteiger partial charge >= 0.3 is 0 Å². The Labute approximate surface area is 92.7 Å². The van der Waals surface area contributed by atoms with Gasteiger partial charge in [0.2, 0.25) is 0 Å². The second kappa shape index (κ2) is 6.52. The minimum atomic E-state index is -0.863. The highest BCUT2D eigenvalue weighted by Gasteiger charge is 2.05. The topological polar surface area (TPSA) is 52.5 Å². The van der Waals surface area contributed by atoms with Gasteiger partial charge < -0.3 is 15.5 Å². The van der Waals surface area contributed by atoms with Gasteiger partial charge in [0.15, 0.2) is 11.6 Å². The van der Waals surface area contributed by atoms with Crippen LogP contribution in [0.15, 0.2) is 18.2 Å². The van der Waals surface area contributed by atoms with Gasteiger partial charge in [-0.25, -0.2) is 8.78 Å². The number of aliphatic hydroxyl groups is 2. The van der Waals surface area contributed by atoms with Gasteiger partial charge in [0, 0.05) is 0 Å². The van der Waals surface area contributed by atoms with Gasteiger partial charge in [-0.05, 0) is 30.7 Å². The maximum absolute atomic E-state index is 12.8. The molecule has 0 spiro atoms. The number of hydrogen-bond acceptors (Lipinski definition) is 3. The molecule has 0 aromatic heterocycles. The molecule has 90 valence electrons. The molecule has 3 nitrogen and oxygen atoms in total. The van der Waals surface area contributed by atoms with Gasteiger partial charge in [0.05, 0.1) is 19.3 Å². The number of benzene rings is 1. The number of hydrogen-bond donors (Lipinski definition) is 3. The Morgan fingerprint density at radius 3 is 2.38 bits per heavy atom. The van der Waals surface area contributed by atoms with Crippen LogP contribution in [0.4, 0.5) is 8.78 Å².